The lowest BCUT2D eigenvalue weighted by atomic mass is 10.1. The fraction of sp³-hybridized carbons (Fsp3) is 0.310. The maximum Gasteiger partial charge on any atom is 0.238 e. The quantitative estimate of drug-likeness (QED) is 0.478. The molecule has 1 fully saturated rings. The van der Waals surface area contributed by atoms with Crippen molar-refractivity contribution in [2.75, 3.05) is 45.2 Å². The number of para-hydroxylation sites is 1. The third-order valence-electron chi connectivity index (χ3n) is 6.19. The normalized spacial score (nSPS) is 14.1. The summed E-state index contributed by atoms with van der Waals surface area (Å²) in [4.78, 5) is 29.5. The Kier molecular flexibility index (Phi) is 8.94. The zero-order valence-electron chi connectivity index (χ0n) is 20.7. The average Bonchev–Trinajstić information content (AvgIpc) is 3.14. The number of hydrogen-bond acceptors (Lipinski definition) is 5. The molecule has 0 unspecified atom stereocenters. The molecule has 0 atom stereocenters. The number of nitrogens with zero attached hydrogens (tertiary/aromatic N) is 2. The standard InChI is InChI=1S/C29H33N3O4/c1-35-25-14-11-23(12-15-25)13-16-29(34)32-18-6-17-31(19-20-32)22-28(33)30-24-7-5-10-27(21-24)36-26-8-3-2-4-9-26/h2-5,7-12,14-15,21H,6,13,16-20,22H2,1H3,(H,30,33). The van der Waals surface area contributed by atoms with E-state index in [2.05, 4.69) is 10.2 Å². The summed E-state index contributed by atoms with van der Waals surface area (Å²) in [5.41, 5.74) is 1.81. The van der Waals surface area contributed by atoms with Crippen LogP contribution < -0.4 is 14.8 Å². The smallest absolute Gasteiger partial charge is 0.238 e. The van der Waals surface area contributed by atoms with Gasteiger partial charge in [0, 0.05) is 44.4 Å². The minimum atomic E-state index is -0.0776. The van der Waals surface area contributed by atoms with E-state index in [0.717, 1.165) is 36.6 Å². The van der Waals surface area contributed by atoms with Crippen LogP contribution in [0.25, 0.3) is 0 Å². The summed E-state index contributed by atoms with van der Waals surface area (Å²) < 4.78 is 11.0. The summed E-state index contributed by atoms with van der Waals surface area (Å²) in [7, 11) is 1.64. The number of benzene rings is 3. The number of rotatable bonds is 9. The molecule has 1 aliphatic rings. The first-order valence-corrected chi connectivity index (χ1v) is 12.3. The van der Waals surface area contributed by atoms with E-state index in [1.165, 1.54) is 0 Å². The predicted molar refractivity (Wildman–Crippen MR) is 141 cm³/mol. The van der Waals surface area contributed by atoms with Crippen LogP contribution in [0.15, 0.2) is 78.9 Å². The second-order valence-corrected chi connectivity index (χ2v) is 8.85. The van der Waals surface area contributed by atoms with E-state index < -0.39 is 0 Å². The van der Waals surface area contributed by atoms with Gasteiger partial charge in [0.2, 0.25) is 11.8 Å². The van der Waals surface area contributed by atoms with E-state index in [9.17, 15) is 9.59 Å². The number of carbonyl (C=O) groups is 2. The second kappa shape index (κ2) is 12.7. The number of amides is 2. The van der Waals surface area contributed by atoms with Crippen molar-refractivity contribution in [3.05, 3.63) is 84.4 Å². The van der Waals surface area contributed by atoms with Crippen LogP contribution in [0.4, 0.5) is 5.69 Å². The van der Waals surface area contributed by atoms with Crippen molar-refractivity contribution in [3.8, 4) is 17.2 Å². The molecular formula is C29H33N3O4. The Morgan fingerprint density at radius 3 is 2.39 bits per heavy atom. The molecule has 0 saturated carbocycles. The van der Waals surface area contributed by atoms with Gasteiger partial charge in [-0.1, -0.05) is 36.4 Å². The van der Waals surface area contributed by atoms with Crippen LogP contribution >= 0.6 is 0 Å². The molecule has 0 spiro atoms. The molecule has 2 amide bonds. The zero-order chi connectivity index (χ0) is 25.2. The lowest BCUT2D eigenvalue weighted by molar-refractivity contribution is -0.131. The van der Waals surface area contributed by atoms with Crippen molar-refractivity contribution in [2.24, 2.45) is 0 Å². The molecule has 188 valence electrons. The molecule has 7 nitrogen and oxygen atoms in total. The van der Waals surface area contributed by atoms with Crippen LogP contribution in [-0.2, 0) is 16.0 Å². The van der Waals surface area contributed by atoms with E-state index in [1.54, 1.807) is 7.11 Å². The molecule has 0 bridgehead atoms. The van der Waals surface area contributed by atoms with Crippen molar-refractivity contribution in [3.63, 3.8) is 0 Å². The van der Waals surface area contributed by atoms with Gasteiger partial charge in [-0.2, -0.15) is 0 Å². The zero-order valence-corrected chi connectivity index (χ0v) is 20.7. The van der Waals surface area contributed by atoms with Gasteiger partial charge in [0.05, 0.1) is 13.7 Å². The summed E-state index contributed by atoms with van der Waals surface area (Å²) in [5.74, 6) is 2.31. The molecule has 0 aromatic heterocycles. The Bertz CT molecular complexity index is 1130. The van der Waals surface area contributed by atoms with Crippen molar-refractivity contribution in [1.82, 2.24) is 9.80 Å². The molecule has 4 rings (SSSR count). The average molecular weight is 488 g/mol. The first kappa shape index (κ1) is 25.3. The molecular weight excluding hydrogens is 454 g/mol. The van der Waals surface area contributed by atoms with Crippen molar-refractivity contribution >= 4 is 17.5 Å². The SMILES string of the molecule is COc1ccc(CCC(=O)N2CCCN(CC(=O)Nc3cccc(Oc4ccccc4)c3)CC2)cc1. The predicted octanol–water partition coefficient (Wildman–Crippen LogP) is 4.59. The number of ether oxygens (including phenoxy) is 2. The highest BCUT2D eigenvalue weighted by molar-refractivity contribution is 5.92. The van der Waals surface area contributed by atoms with Crippen molar-refractivity contribution < 1.29 is 19.1 Å². The number of anilines is 1. The Labute approximate surface area is 212 Å². The van der Waals surface area contributed by atoms with Crippen LogP contribution in [-0.4, -0.2) is 61.4 Å². The summed E-state index contributed by atoms with van der Waals surface area (Å²) in [6.07, 6.45) is 2.04. The van der Waals surface area contributed by atoms with Crippen LogP contribution in [0.2, 0.25) is 0 Å². The monoisotopic (exact) mass is 487 g/mol. The van der Waals surface area contributed by atoms with Gasteiger partial charge in [0.25, 0.3) is 0 Å². The number of hydrogen-bond donors (Lipinski definition) is 1. The summed E-state index contributed by atoms with van der Waals surface area (Å²) in [5, 5.41) is 2.97. The van der Waals surface area contributed by atoms with Crippen molar-refractivity contribution in [1.29, 1.82) is 0 Å². The van der Waals surface area contributed by atoms with E-state index in [4.69, 9.17) is 9.47 Å². The Morgan fingerprint density at radius 2 is 1.61 bits per heavy atom. The molecule has 3 aromatic carbocycles. The molecule has 0 radical (unpaired) electrons. The van der Waals surface area contributed by atoms with Gasteiger partial charge in [-0.15, -0.1) is 0 Å². The van der Waals surface area contributed by atoms with Gasteiger partial charge in [0.1, 0.15) is 17.2 Å². The van der Waals surface area contributed by atoms with E-state index in [-0.39, 0.29) is 18.4 Å². The highest BCUT2D eigenvalue weighted by Crippen LogP contribution is 2.24. The van der Waals surface area contributed by atoms with Gasteiger partial charge in [0.15, 0.2) is 0 Å². The van der Waals surface area contributed by atoms with Crippen LogP contribution in [0.3, 0.4) is 0 Å². The lowest BCUT2D eigenvalue weighted by Gasteiger charge is -2.22. The third kappa shape index (κ3) is 7.58. The second-order valence-electron chi connectivity index (χ2n) is 8.85. The first-order valence-electron chi connectivity index (χ1n) is 12.3. The fourth-order valence-corrected chi connectivity index (χ4v) is 4.25. The maximum atomic E-state index is 12.8. The Morgan fingerprint density at radius 1 is 0.833 bits per heavy atom. The summed E-state index contributed by atoms with van der Waals surface area (Å²) >= 11 is 0. The molecule has 0 aliphatic carbocycles. The van der Waals surface area contributed by atoms with Gasteiger partial charge in [-0.3, -0.25) is 14.5 Å². The first-order chi connectivity index (χ1) is 17.6. The van der Waals surface area contributed by atoms with Crippen LogP contribution in [0, 0.1) is 0 Å². The molecule has 3 aromatic rings. The van der Waals surface area contributed by atoms with E-state index in [1.807, 2.05) is 83.8 Å². The number of nitrogens with one attached hydrogen (secondary N) is 1. The highest BCUT2D eigenvalue weighted by atomic mass is 16.5. The minimum Gasteiger partial charge on any atom is -0.497 e. The van der Waals surface area contributed by atoms with E-state index in [0.29, 0.717) is 37.4 Å². The van der Waals surface area contributed by atoms with Crippen molar-refractivity contribution in [2.45, 2.75) is 19.3 Å². The molecule has 7 heteroatoms. The minimum absolute atomic E-state index is 0.0776. The van der Waals surface area contributed by atoms with Gasteiger partial charge >= 0.3 is 0 Å². The highest BCUT2D eigenvalue weighted by Gasteiger charge is 2.20. The van der Waals surface area contributed by atoms with Crippen LogP contribution in [0.1, 0.15) is 18.4 Å². The maximum absolute atomic E-state index is 12.8. The summed E-state index contributed by atoms with van der Waals surface area (Å²) in [6, 6.07) is 24.7. The fourth-order valence-electron chi connectivity index (χ4n) is 4.25. The molecule has 1 aliphatic heterocycles. The topological polar surface area (TPSA) is 71.1 Å². The number of carbonyl (C=O) groups excluding carboxylic acids is 2. The Balaban J connectivity index is 1.22. The molecule has 1 heterocycles. The largest absolute Gasteiger partial charge is 0.497 e. The number of aryl methyl sites for hydroxylation is 1. The number of methoxy groups -OCH3 is 1. The summed E-state index contributed by atoms with van der Waals surface area (Å²) in [6.45, 7) is 3.11. The van der Waals surface area contributed by atoms with Gasteiger partial charge in [-0.25, -0.2) is 0 Å². The molecule has 36 heavy (non-hydrogen) atoms. The van der Waals surface area contributed by atoms with Gasteiger partial charge < -0.3 is 19.7 Å². The van der Waals surface area contributed by atoms with Crippen LogP contribution in [0.5, 0.6) is 17.2 Å². The molecule has 1 saturated heterocycles. The van der Waals surface area contributed by atoms with E-state index >= 15 is 0 Å². The third-order valence-corrected chi connectivity index (χ3v) is 6.19. The lowest BCUT2D eigenvalue weighted by Crippen LogP contribution is -2.38. The Hall–Kier alpha value is -3.84. The molecule has 1 N–H and O–H groups in total. The van der Waals surface area contributed by atoms with Gasteiger partial charge in [-0.05, 0) is 54.8 Å².